The zero-order valence-electron chi connectivity index (χ0n) is 18.5. The van der Waals surface area contributed by atoms with Crippen molar-refractivity contribution in [2.75, 3.05) is 11.8 Å². The number of fused-ring (bicyclic) bond motifs is 1. The molecule has 1 saturated carbocycles. The van der Waals surface area contributed by atoms with Crippen molar-refractivity contribution in [3.8, 4) is 5.75 Å². The minimum atomic E-state index is -0.0197. The number of para-hydroxylation sites is 1. The number of pyridine rings is 1. The summed E-state index contributed by atoms with van der Waals surface area (Å²) in [5.41, 5.74) is 2.51. The Morgan fingerprint density at radius 1 is 1.06 bits per heavy atom. The lowest BCUT2D eigenvalue weighted by Gasteiger charge is -2.23. The van der Waals surface area contributed by atoms with Crippen molar-refractivity contribution in [3.63, 3.8) is 0 Å². The fraction of sp³-hybridized carbons (Fsp3) is 0.360. The summed E-state index contributed by atoms with van der Waals surface area (Å²) >= 11 is 1.42. The van der Waals surface area contributed by atoms with Gasteiger partial charge in [0.05, 0.1) is 29.4 Å². The number of methoxy groups -OCH3 is 1. The number of carbonyl (C=O) groups is 1. The number of ether oxygens (including phenoxy) is 1. The van der Waals surface area contributed by atoms with Gasteiger partial charge in [-0.15, -0.1) is 0 Å². The number of carbonyl (C=O) groups excluding carboxylic acids is 1. The van der Waals surface area contributed by atoms with Crippen LogP contribution in [0.2, 0.25) is 0 Å². The molecule has 0 aliphatic heterocycles. The molecule has 0 unspecified atom stereocenters. The summed E-state index contributed by atoms with van der Waals surface area (Å²) in [6, 6.07) is 15.9. The lowest BCUT2D eigenvalue weighted by atomic mass is 9.95. The Kier molecular flexibility index (Phi) is 8.59. The maximum Gasteiger partial charge on any atom is 0.251 e. The van der Waals surface area contributed by atoms with E-state index in [1.54, 1.807) is 13.3 Å². The van der Waals surface area contributed by atoms with Crippen molar-refractivity contribution >= 4 is 34.4 Å². The first-order valence-corrected chi connectivity index (χ1v) is 11.8. The highest BCUT2D eigenvalue weighted by Crippen LogP contribution is 2.31. The predicted octanol–water partition coefficient (Wildman–Crippen LogP) is 6.45. The Balaban J connectivity index is 0.00000132. The third-order valence-corrected chi connectivity index (χ3v) is 6.11. The number of nitrogens with one attached hydrogen (secondary N) is 2. The van der Waals surface area contributed by atoms with Crippen LogP contribution >= 0.6 is 11.9 Å². The Morgan fingerprint density at radius 2 is 1.84 bits per heavy atom. The van der Waals surface area contributed by atoms with E-state index in [1.165, 1.54) is 31.2 Å². The first-order chi connectivity index (χ1) is 15.2. The molecule has 164 valence electrons. The molecule has 3 aromatic rings. The largest absolute Gasteiger partial charge is 0.496 e. The molecule has 0 atom stereocenters. The maximum atomic E-state index is 12.7. The molecule has 0 bridgehead atoms. The molecule has 1 heterocycles. The summed E-state index contributed by atoms with van der Waals surface area (Å²) in [6.45, 7) is 4.00. The van der Waals surface area contributed by atoms with E-state index in [-0.39, 0.29) is 11.9 Å². The second kappa shape index (κ2) is 11.6. The highest BCUT2D eigenvalue weighted by atomic mass is 32.2. The minimum absolute atomic E-state index is 0.0197. The fourth-order valence-electron chi connectivity index (χ4n) is 3.65. The average molecular weight is 438 g/mol. The number of aromatic nitrogens is 1. The van der Waals surface area contributed by atoms with E-state index in [9.17, 15) is 4.79 Å². The van der Waals surface area contributed by atoms with Gasteiger partial charge in [-0.1, -0.05) is 51.3 Å². The van der Waals surface area contributed by atoms with E-state index in [2.05, 4.69) is 21.1 Å². The summed E-state index contributed by atoms with van der Waals surface area (Å²) < 4.78 is 8.80. The van der Waals surface area contributed by atoms with Gasteiger partial charge in [0.2, 0.25) is 0 Å². The third kappa shape index (κ3) is 6.14. The van der Waals surface area contributed by atoms with E-state index in [0.717, 1.165) is 40.1 Å². The first kappa shape index (κ1) is 22.9. The number of nitrogens with zero attached hydrogens (tertiary/aromatic N) is 1. The van der Waals surface area contributed by atoms with Gasteiger partial charge in [0.15, 0.2) is 0 Å². The van der Waals surface area contributed by atoms with Gasteiger partial charge in [-0.3, -0.25) is 9.78 Å². The summed E-state index contributed by atoms with van der Waals surface area (Å²) in [5, 5.41) is 4.25. The standard InChI is InChI=1S/C23H25N3O2S.C2H6/c1-28-21-12-11-17(23(27)25-18-8-3-2-4-9-18)14-22(21)29-26-19-13-16-7-5-6-10-20(16)24-15-19;1-2/h5-7,10-15,18,26H,2-4,8-9H2,1H3,(H,25,27);1-2H3. The first-order valence-electron chi connectivity index (χ1n) is 11.0. The van der Waals surface area contributed by atoms with E-state index in [4.69, 9.17) is 4.74 Å². The summed E-state index contributed by atoms with van der Waals surface area (Å²) in [5.74, 6) is 0.708. The molecule has 1 aromatic heterocycles. The van der Waals surface area contributed by atoms with E-state index >= 15 is 0 Å². The number of hydrogen-bond acceptors (Lipinski definition) is 5. The molecule has 2 N–H and O–H groups in total. The molecule has 1 aliphatic rings. The lowest BCUT2D eigenvalue weighted by molar-refractivity contribution is 0.0927. The number of benzene rings is 2. The van der Waals surface area contributed by atoms with Gasteiger partial charge < -0.3 is 14.8 Å². The van der Waals surface area contributed by atoms with Crippen molar-refractivity contribution in [1.29, 1.82) is 0 Å². The molecule has 0 radical (unpaired) electrons. The van der Waals surface area contributed by atoms with E-state index in [1.807, 2.05) is 56.3 Å². The van der Waals surface area contributed by atoms with Crippen LogP contribution in [0.3, 0.4) is 0 Å². The van der Waals surface area contributed by atoms with Crippen LogP contribution in [-0.4, -0.2) is 24.0 Å². The summed E-state index contributed by atoms with van der Waals surface area (Å²) in [4.78, 5) is 18.0. The maximum absolute atomic E-state index is 12.7. The van der Waals surface area contributed by atoms with Crippen LogP contribution in [0.25, 0.3) is 10.9 Å². The molecule has 1 fully saturated rings. The van der Waals surface area contributed by atoms with Crippen LogP contribution in [0.15, 0.2) is 59.6 Å². The van der Waals surface area contributed by atoms with Crippen molar-refractivity contribution in [3.05, 3.63) is 60.3 Å². The average Bonchev–Trinajstić information content (AvgIpc) is 2.84. The van der Waals surface area contributed by atoms with Crippen molar-refractivity contribution in [2.24, 2.45) is 0 Å². The molecule has 1 amide bonds. The van der Waals surface area contributed by atoms with Crippen LogP contribution in [0.1, 0.15) is 56.3 Å². The van der Waals surface area contributed by atoms with Crippen LogP contribution in [-0.2, 0) is 0 Å². The molecule has 0 spiro atoms. The Hall–Kier alpha value is -2.73. The third-order valence-electron chi connectivity index (χ3n) is 5.24. The molecule has 1 aliphatic carbocycles. The molecule has 5 nitrogen and oxygen atoms in total. The number of amides is 1. The lowest BCUT2D eigenvalue weighted by Crippen LogP contribution is -2.36. The van der Waals surface area contributed by atoms with Crippen molar-refractivity contribution in [2.45, 2.75) is 56.9 Å². The van der Waals surface area contributed by atoms with E-state index < -0.39 is 0 Å². The Morgan fingerprint density at radius 3 is 2.61 bits per heavy atom. The summed E-state index contributed by atoms with van der Waals surface area (Å²) in [7, 11) is 1.64. The van der Waals surface area contributed by atoms with Gasteiger partial charge in [0, 0.05) is 17.0 Å². The van der Waals surface area contributed by atoms with Gasteiger partial charge >= 0.3 is 0 Å². The normalized spacial score (nSPS) is 13.8. The van der Waals surface area contributed by atoms with Gasteiger partial charge in [0.1, 0.15) is 5.75 Å². The Bertz CT molecular complexity index is 1000. The fourth-order valence-corrected chi connectivity index (χ4v) is 4.43. The van der Waals surface area contributed by atoms with Crippen molar-refractivity contribution < 1.29 is 9.53 Å². The second-order valence-corrected chi connectivity index (χ2v) is 8.14. The number of rotatable bonds is 6. The number of anilines is 1. The Labute approximate surface area is 189 Å². The summed E-state index contributed by atoms with van der Waals surface area (Å²) in [6.07, 6.45) is 7.60. The van der Waals surface area contributed by atoms with Gasteiger partial charge in [-0.25, -0.2) is 0 Å². The molecule has 31 heavy (non-hydrogen) atoms. The van der Waals surface area contributed by atoms with Crippen LogP contribution in [0.5, 0.6) is 5.75 Å². The van der Waals surface area contributed by atoms with Gasteiger partial charge in [0.25, 0.3) is 5.91 Å². The SMILES string of the molecule is CC.COc1ccc(C(=O)NC2CCCCC2)cc1SNc1cnc2ccccc2c1. The van der Waals surface area contributed by atoms with Crippen LogP contribution in [0.4, 0.5) is 5.69 Å². The van der Waals surface area contributed by atoms with Gasteiger partial charge in [-0.2, -0.15) is 0 Å². The van der Waals surface area contributed by atoms with Crippen LogP contribution in [0, 0.1) is 0 Å². The quantitative estimate of drug-likeness (QED) is 0.434. The predicted molar refractivity (Wildman–Crippen MR) is 130 cm³/mol. The molecular weight excluding hydrogens is 406 g/mol. The monoisotopic (exact) mass is 437 g/mol. The molecule has 4 rings (SSSR count). The second-order valence-electron chi connectivity index (χ2n) is 7.29. The molecule has 2 aromatic carbocycles. The topological polar surface area (TPSA) is 63.2 Å². The minimum Gasteiger partial charge on any atom is -0.496 e. The molecule has 6 heteroatoms. The number of hydrogen-bond donors (Lipinski definition) is 2. The van der Waals surface area contributed by atoms with E-state index in [0.29, 0.717) is 5.56 Å². The van der Waals surface area contributed by atoms with Gasteiger partial charge in [-0.05, 0) is 55.1 Å². The highest BCUT2D eigenvalue weighted by molar-refractivity contribution is 8.00. The van der Waals surface area contributed by atoms with Crippen LogP contribution < -0.4 is 14.8 Å². The molecular formula is C25H31N3O2S. The van der Waals surface area contributed by atoms with Crippen molar-refractivity contribution in [1.82, 2.24) is 10.3 Å². The zero-order chi connectivity index (χ0) is 22.1. The smallest absolute Gasteiger partial charge is 0.251 e. The highest BCUT2D eigenvalue weighted by Gasteiger charge is 2.18. The molecule has 0 saturated heterocycles. The zero-order valence-corrected chi connectivity index (χ0v) is 19.3.